The van der Waals surface area contributed by atoms with Gasteiger partial charge in [0.25, 0.3) is 5.91 Å². The highest BCUT2D eigenvalue weighted by atomic mass is 16.2. The fourth-order valence-corrected chi connectivity index (χ4v) is 2.41. The Morgan fingerprint density at radius 1 is 1.38 bits per heavy atom. The molecule has 0 bridgehead atoms. The molecule has 0 aromatic heterocycles. The van der Waals surface area contributed by atoms with Gasteiger partial charge in [-0.2, -0.15) is 0 Å². The second kappa shape index (κ2) is 6.72. The quantitative estimate of drug-likeness (QED) is 0.886. The second-order valence-corrected chi connectivity index (χ2v) is 5.62. The summed E-state index contributed by atoms with van der Waals surface area (Å²) < 4.78 is 0. The Balaban J connectivity index is 2.01. The summed E-state index contributed by atoms with van der Waals surface area (Å²) in [5.74, 6) is 0.184. The molecule has 0 radical (unpaired) electrons. The number of hydrogen-bond acceptors (Lipinski definition) is 3. The van der Waals surface area contributed by atoms with Crippen molar-refractivity contribution in [1.29, 1.82) is 0 Å². The highest BCUT2D eigenvalue weighted by molar-refractivity contribution is 5.94. The molecule has 114 valence electrons. The van der Waals surface area contributed by atoms with Crippen LogP contribution in [0.2, 0.25) is 0 Å². The highest BCUT2D eigenvalue weighted by Crippen LogP contribution is 2.15. The topological polar surface area (TPSA) is 66.6 Å². The van der Waals surface area contributed by atoms with Gasteiger partial charge in [-0.05, 0) is 31.0 Å². The number of carbonyl (C=O) groups is 2. The predicted molar refractivity (Wildman–Crippen MR) is 81.7 cm³/mol. The Morgan fingerprint density at radius 3 is 2.57 bits per heavy atom. The van der Waals surface area contributed by atoms with Gasteiger partial charge < -0.3 is 15.5 Å². The Labute approximate surface area is 125 Å². The molecular formula is C16H23N3O2. The lowest BCUT2D eigenvalue weighted by Crippen LogP contribution is -2.39. The van der Waals surface area contributed by atoms with Crippen molar-refractivity contribution in [2.45, 2.75) is 32.4 Å². The van der Waals surface area contributed by atoms with E-state index in [-0.39, 0.29) is 17.9 Å². The number of nitrogens with zero attached hydrogens (tertiary/aromatic N) is 2. The smallest absolute Gasteiger partial charge is 0.253 e. The maximum atomic E-state index is 12.3. The predicted octanol–water partition coefficient (Wildman–Crippen LogP) is 1.23. The summed E-state index contributed by atoms with van der Waals surface area (Å²) in [6.07, 6.45) is 1.59. The van der Waals surface area contributed by atoms with Crippen LogP contribution in [0.25, 0.3) is 0 Å². The Morgan fingerprint density at radius 2 is 2.05 bits per heavy atom. The minimum atomic E-state index is -0.0308. The molecule has 1 aliphatic heterocycles. The monoisotopic (exact) mass is 289 g/mol. The lowest BCUT2D eigenvalue weighted by molar-refractivity contribution is -0.128. The van der Waals surface area contributed by atoms with Crippen LogP contribution in [0.5, 0.6) is 0 Å². The fraction of sp³-hybridized carbons (Fsp3) is 0.500. The van der Waals surface area contributed by atoms with Crippen LogP contribution in [0.4, 0.5) is 0 Å². The normalized spacial score (nSPS) is 16.1. The van der Waals surface area contributed by atoms with Gasteiger partial charge >= 0.3 is 0 Å². The van der Waals surface area contributed by atoms with E-state index < -0.39 is 0 Å². The van der Waals surface area contributed by atoms with E-state index in [0.29, 0.717) is 25.1 Å². The summed E-state index contributed by atoms with van der Waals surface area (Å²) in [6, 6.07) is 7.48. The highest BCUT2D eigenvalue weighted by Gasteiger charge is 2.20. The number of likely N-dealkylation sites (tertiary alicyclic amines) is 1. The molecule has 1 heterocycles. The summed E-state index contributed by atoms with van der Waals surface area (Å²) in [6.45, 7) is 3.82. The van der Waals surface area contributed by atoms with Crippen LogP contribution < -0.4 is 5.73 Å². The van der Waals surface area contributed by atoms with E-state index in [2.05, 4.69) is 0 Å². The molecule has 0 saturated carbocycles. The molecule has 1 atom stereocenters. The molecule has 5 heteroatoms. The molecule has 21 heavy (non-hydrogen) atoms. The van der Waals surface area contributed by atoms with Crippen molar-refractivity contribution in [3.05, 3.63) is 35.4 Å². The van der Waals surface area contributed by atoms with Gasteiger partial charge in [0, 0.05) is 44.7 Å². The van der Waals surface area contributed by atoms with Crippen LogP contribution >= 0.6 is 0 Å². The molecule has 1 fully saturated rings. The van der Waals surface area contributed by atoms with E-state index in [0.717, 1.165) is 18.5 Å². The molecule has 5 nitrogen and oxygen atoms in total. The minimum absolute atomic E-state index is 0.0133. The maximum absolute atomic E-state index is 12.3. The number of carbonyl (C=O) groups excluding carboxylic acids is 2. The average molecular weight is 289 g/mol. The third-order valence-corrected chi connectivity index (χ3v) is 4.07. The van der Waals surface area contributed by atoms with E-state index in [1.54, 1.807) is 11.9 Å². The first kappa shape index (κ1) is 15.5. The number of nitrogens with two attached hydrogens (primary N) is 1. The van der Waals surface area contributed by atoms with Gasteiger partial charge in [0.15, 0.2) is 0 Å². The van der Waals surface area contributed by atoms with Crippen LogP contribution in [0.1, 0.15) is 35.7 Å². The van der Waals surface area contributed by atoms with E-state index in [1.165, 1.54) is 0 Å². The third-order valence-electron chi connectivity index (χ3n) is 4.07. The first-order valence-electron chi connectivity index (χ1n) is 7.37. The van der Waals surface area contributed by atoms with Gasteiger partial charge in [0.1, 0.15) is 0 Å². The maximum Gasteiger partial charge on any atom is 0.253 e. The Bertz CT molecular complexity index is 513. The first-order valence-corrected chi connectivity index (χ1v) is 7.37. The number of benzene rings is 1. The van der Waals surface area contributed by atoms with Crippen LogP contribution in [0, 0.1) is 0 Å². The molecule has 0 spiro atoms. The zero-order valence-corrected chi connectivity index (χ0v) is 12.7. The van der Waals surface area contributed by atoms with Crippen molar-refractivity contribution in [3.63, 3.8) is 0 Å². The lowest BCUT2D eigenvalue weighted by Gasteiger charge is -2.23. The van der Waals surface area contributed by atoms with Crippen molar-refractivity contribution in [2.24, 2.45) is 5.73 Å². The van der Waals surface area contributed by atoms with Crippen LogP contribution in [-0.2, 0) is 11.3 Å². The van der Waals surface area contributed by atoms with Gasteiger partial charge in [-0.3, -0.25) is 9.59 Å². The molecule has 2 rings (SSSR count). The summed E-state index contributed by atoms with van der Waals surface area (Å²) >= 11 is 0. The number of amides is 2. The molecule has 0 aliphatic carbocycles. The molecular weight excluding hydrogens is 266 g/mol. The van der Waals surface area contributed by atoms with Gasteiger partial charge in [0.05, 0.1) is 0 Å². The van der Waals surface area contributed by atoms with Crippen molar-refractivity contribution in [2.75, 3.05) is 20.1 Å². The van der Waals surface area contributed by atoms with E-state index >= 15 is 0 Å². The molecule has 1 saturated heterocycles. The Hall–Kier alpha value is -1.88. The number of hydrogen-bond donors (Lipinski definition) is 1. The minimum Gasteiger partial charge on any atom is -0.338 e. The molecule has 1 aromatic carbocycles. The summed E-state index contributed by atoms with van der Waals surface area (Å²) in [5, 5.41) is 0. The van der Waals surface area contributed by atoms with Crippen molar-refractivity contribution in [3.8, 4) is 0 Å². The number of rotatable bonds is 5. The lowest BCUT2D eigenvalue weighted by atomic mass is 10.1. The first-order chi connectivity index (χ1) is 10.0. The second-order valence-electron chi connectivity index (χ2n) is 5.62. The molecule has 2 N–H and O–H groups in total. The van der Waals surface area contributed by atoms with Crippen molar-refractivity contribution in [1.82, 2.24) is 9.80 Å². The van der Waals surface area contributed by atoms with Gasteiger partial charge in [-0.1, -0.05) is 12.1 Å². The van der Waals surface area contributed by atoms with Gasteiger partial charge in [0.2, 0.25) is 5.91 Å². The number of likely N-dealkylation sites (N-methyl/N-ethyl adjacent to an activating group) is 1. The van der Waals surface area contributed by atoms with Crippen molar-refractivity contribution >= 4 is 11.8 Å². The van der Waals surface area contributed by atoms with E-state index in [9.17, 15) is 9.59 Å². The fourth-order valence-electron chi connectivity index (χ4n) is 2.41. The van der Waals surface area contributed by atoms with Crippen LogP contribution in [0.15, 0.2) is 24.3 Å². The largest absolute Gasteiger partial charge is 0.338 e. The van der Waals surface area contributed by atoms with Crippen LogP contribution in [-0.4, -0.2) is 47.8 Å². The van der Waals surface area contributed by atoms with Gasteiger partial charge in [-0.15, -0.1) is 0 Å². The Kier molecular flexibility index (Phi) is 4.96. The molecule has 1 aromatic rings. The molecule has 2 amide bonds. The average Bonchev–Trinajstić information content (AvgIpc) is 2.91. The zero-order valence-electron chi connectivity index (χ0n) is 12.7. The SMILES string of the molecule is CC(CN)N(C)C(=O)c1ccc(CN2CCCC2=O)cc1. The van der Waals surface area contributed by atoms with Gasteiger partial charge in [-0.25, -0.2) is 0 Å². The summed E-state index contributed by atoms with van der Waals surface area (Å²) in [7, 11) is 1.76. The zero-order chi connectivity index (χ0) is 15.4. The molecule has 1 aliphatic rings. The third kappa shape index (κ3) is 3.61. The van der Waals surface area contributed by atoms with E-state index in [4.69, 9.17) is 5.73 Å². The standard InChI is InChI=1S/C16H23N3O2/c1-12(10-17)18(2)16(21)14-7-5-13(6-8-14)11-19-9-3-4-15(19)20/h5-8,12H,3-4,9-11,17H2,1-2H3. The van der Waals surface area contributed by atoms with E-state index in [1.807, 2.05) is 36.1 Å². The summed E-state index contributed by atoms with van der Waals surface area (Å²) in [5.41, 5.74) is 7.29. The van der Waals surface area contributed by atoms with Crippen LogP contribution in [0.3, 0.4) is 0 Å². The summed E-state index contributed by atoms with van der Waals surface area (Å²) in [4.78, 5) is 27.4. The van der Waals surface area contributed by atoms with Crippen molar-refractivity contribution < 1.29 is 9.59 Å². The molecule has 1 unspecified atom stereocenters.